The number of benzene rings is 1. The molecule has 6 nitrogen and oxygen atoms in total. The summed E-state index contributed by atoms with van der Waals surface area (Å²) in [5, 5.41) is 0. The second kappa shape index (κ2) is 5.25. The summed E-state index contributed by atoms with van der Waals surface area (Å²) < 4.78 is 16.6. The van der Waals surface area contributed by atoms with E-state index in [0.717, 1.165) is 29.7 Å². The van der Waals surface area contributed by atoms with Crippen LogP contribution in [-0.2, 0) is 21.4 Å². The molecule has 0 N–H and O–H groups in total. The van der Waals surface area contributed by atoms with Gasteiger partial charge in [-0.1, -0.05) is 12.1 Å². The van der Waals surface area contributed by atoms with Gasteiger partial charge >= 0.3 is 6.09 Å². The van der Waals surface area contributed by atoms with Crippen molar-refractivity contribution in [3.05, 3.63) is 35.4 Å². The lowest BCUT2D eigenvalue weighted by molar-refractivity contribution is -0.127. The maximum absolute atomic E-state index is 12.7. The largest absolute Gasteiger partial charge is 0.493 e. The van der Waals surface area contributed by atoms with Crippen molar-refractivity contribution in [3.8, 4) is 11.5 Å². The van der Waals surface area contributed by atoms with Gasteiger partial charge in [-0.05, 0) is 30.5 Å². The fraction of sp³-hybridized carbons (Fsp3) is 0.500. The Labute approximate surface area is 151 Å². The number of ketones is 1. The normalized spacial score (nSPS) is 33.2. The Morgan fingerprint density at radius 1 is 1.35 bits per heavy atom. The lowest BCUT2D eigenvalue weighted by atomic mass is 9.49. The van der Waals surface area contributed by atoms with E-state index in [0.29, 0.717) is 18.9 Å². The second-order valence-electron chi connectivity index (χ2n) is 7.51. The third-order valence-corrected chi connectivity index (χ3v) is 6.73. The summed E-state index contributed by atoms with van der Waals surface area (Å²) in [7, 11) is 3.06. The molecule has 0 unspecified atom stereocenters. The fourth-order valence-electron chi connectivity index (χ4n) is 5.71. The van der Waals surface area contributed by atoms with E-state index in [2.05, 4.69) is 6.07 Å². The van der Waals surface area contributed by atoms with Crippen molar-refractivity contribution in [1.82, 2.24) is 4.90 Å². The molecule has 2 aliphatic heterocycles. The number of hydrogen-bond donors (Lipinski definition) is 0. The van der Waals surface area contributed by atoms with Crippen LogP contribution in [0.3, 0.4) is 0 Å². The van der Waals surface area contributed by atoms with Crippen LogP contribution in [0.5, 0.6) is 11.5 Å². The number of carbonyl (C=O) groups is 2. The van der Waals surface area contributed by atoms with E-state index in [1.54, 1.807) is 13.2 Å². The Morgan fingerprint density at radius 2 is 2.19 bits per heavy atom. The molecular weight excluding hydrogens is 334 g/mol. The fourth-order valence-corrected chi connectivity index (χ4v) is 5.71. The first-order valence-electron chi connectivity index (χ1n) is 9.01. The molecule has 6 heteroatoms. The Hall–Kier alpha value is -2.50. The number of allylic oxidation sites excluding steroid dienone is 1. The summed E-state index contributed by atoms with van der Waals surface area (Å²) in [5.41, 5.74) is 1.94. The van der Waals surface area contributed by atoms with E-state index in [-0.39, 0.29) is 35.2 Å². The molecule has 2 heterocycles. The van der Waals surface area contributed by atoms with Crippen molar-refractivity contribution < 1.29 is 23.8 Å². The smallest absolute Gasteiger partial charge is 0.409 e. The highest BCUT2D eigenvalue weighted by Crippen LogP contribution is 2.61. The van der Waals surface area contributed by atoms with Crippen LogP contribution in [0, 0.1) is 11.8 Å². The molecule has 1 saturated heterocycles. The molecule has 4 atom stereocenters. The average Bonchev–Trinajstić information content (AvgIpc) is 2.66. The number of methoxy groups -OCH3 is 2. The van der Waals surface area contributed by atoms with Crippen molar-refractivity contribution in [2.75, 3.05) is 27.4 Å². The monoisotopic (exact) mass is 355 g/mol. The standard InChI is InChI=1S/C20H21NO5/c1-24-16-6-3-11-9-14-12-4-5-15(22)13-10-26-18(16)17(11)20(12,13)7-8-21(14)19(23)25-2/h3-6,12-14H,7-10H2,1-2H3/t12-,13-,14+,20+/m0/s1. The molecule has 4 aliphatic rings. The first kappa shape index (κ1) is 15.7. The molecule has 0 saturated carbocycles. The summed E-state index contributed by atoms with van der Waals surface area (Å²) in [6.07, 6.45) is 4.84. The van der Waals surface area contributed by atoms with E-state index in [4.69, 9.17) is 14.2 Å². The van der Waals surface area contributed by atoms with E-state index in [9.17, 15) is 9.59 Å². The van der Waals surface area contributed by atoms with Gasteiger partial charge in [0.1, 0.15) is 0 Å². The predicted molar refractivity (Wildman–Crippen MR) is 92.5 cm³/mol. The maximum atomic E-state index is 12.7. The van der Waals surface area contributed by atoms with Gasteiger partial charge in [0, 0.05) is 29.5 Å². The summed E-state index contributed by atoms with van der Waals surface area (Å²) in [5.74, 6) is 1.48. The van der Waals surface area contributed by atoms with Crippen molar-refractivity contribution in [1.29, 1.82) is 0 Å². The van der Waals surface area contributed by atoms with E-state index in [1.807, 2.05) is 17.0 Å². The van der Waals surface area contributed by atoms with Gasteiger partial charge in [0.25, 0.3) is 0 Å². The lowest BCUT2D eigenvalue weighted by Gasteiger charge is -2.60. The molecule has 1 spiro atoms. The molecular formula is C20H21NO5. The highest BCUT2D eigenvalue weighted by Gasteiger charge is 2.62. The zero-order valence-electron chi connectivity index (χ0n) is 14.9. The van der Waals surface area contributed by atoms with Crippen LogP contribution in [0.1, 0.15) is 17.5 Å². The van der Waals surface area contributed by atoms with E-state index in [1.165, 1.54) is 7.11 Å². The Kier molecular flexibility index (Phi) is 3.18. The average molecular weight is 355 g/mol. The van der Waals surface area contributed by atoms with Gasteiger partial charge in [-0.25, -0.2) is 4.79 Å². The number of ether oxygens (including phenoxy) is 3. The van der Waals surface area contributed by atoms with Crippen LogP contribution < -0.4 is 9.47 Å². The van der Waals surface area contributed by atoms with Gasteiger partial charge in [-0.3, -0.25) is 4.79 Å². The number of piperidine rings is 1. The van der Waals surface area contributed by atoms with Crippen LogP contribution >= 0.6 is 0 Å². The summed E-state index contributed by atoms with van der Waals surface area (Å²) in [4.78, 5) is 26.9. The zero-order valence-corrected chi connectivity index (χ0v) is 14.9. The maximum Gasteiger partial charge on any atom is 0.409 e. The number of carbonyl (C=O) groups excluding carboxylic acids is 2. The Balaban J connectivity index is 1.77. The Morgan fingerprint density at radius 3 is 2.96 bits per heavy atom. The van der Waals surface area contributed by atoms with Gasteiger partial charge in [-0.2, -0.15) is 0 Å². The third kappa shape index (κ3) is 1.72. The topological polar surface area (TPSA) is 65.1 Å². The minimum Gasteiger partial charge on any atom is -0.493 e. The van der Waals surface area contributed by atoms with Gasteiger partial charge in [-0.15, -0.1) is 0 Å². The number of nitrogens with zero attached hydrogens (tertiary/aromatic N) is 1. The number of likely N-dealkylation sites (tertiary alicyclic amines) is 1. The molecule has 1 aromatic carbocycles. The molecule has 1 amide bonds. The zero-order chi connectivity index (χ0) is 18.1. The molecule has 2 aliphatic carbocycles. The van der Waals surface area contributed by atoms with E-state index < -0.39 is 0 Å². The molecule has 2 bridgehead atoms. The van der Waals surface area contributed by atoms with Gasteiger partial charge in [0.15, 0.2) is 17.3 Å². The molecule has 0 aromatic heterocycles. The van der Waals surface area contributed by atoms with Crippen LogP contribution in [-0.4, -0.2) is 50.2 Å². The summed E-state index contributed by atoms with van der Waals surface area (Å²) in [6, 6.07) is 3.97. The lowest BCUT2D eigenvalue weighted by Crippen LogP contribution is -2.66. The van der Waals surface area contributed by atoms with Gasteiger partial charge in [0.2, 0.25) is 0 Å². The molecule has 1 fully saturated rings. The SMILES string of the molecule is COC(=O)N1CC[C@]23c4c5ccc(OC)c4OC[C@H]2C(=O)C=C[C@H]3[C@H]1C5. The van der Waals surface area contributed by atoms with Crippen LogP contribution in [0.15, 0.2) is 24.3 Å². The Bertz CT molecular complexity index is 847. The minimum absolute atomic E-state index is 0.00473. The number of amides is 1. The van der Waals surface area contributed by atoms with Crippen LogP contribution in [0.2, 0.25) is 0 Å². The first-order chi connectivity index (χ1) is 12.6. The van der Waals surface area contributed by atoms with Crippen LogP contribution in [0.4, 0.5) is 4.79 Å². The predicted octanol–water partition coefficient (Wildman–Crippen LogP) is 2.09. The van der Waals surface area contributed by atoms with Crippen molar-refractivity contribution in [2.24, 2.45) is 11.8 Å². The molecule has 136 valence electrons. The minimum atomic E-state index is -0.323. The summed E-state index contributed by atoms with van der Waals surface area (Å²) >= 11 is 0. The molecule has 1 aromatic rings. The highest BCUT2D eigenvalue weighted by molar-refractivity contribution is 5.95. The number of hydrogen-bond acceptors (Lipinski definition) is 5. The number of rotatable bonds is 1. The summed E-state index contributed by atoms with van der Waals surface area (Å²) in [6.45, 7) is 0.943. The van der Waals surface area contributed by atoms with Gasteiger partial charge < -0.3 is 19.1 Å². The van der Waals surface area contributed by atoms with E-state index >= 15 is 0 Å². The third-order valence-electron chi connectivity index (χ3n) is 6.73. The highest BCUT2D eigenvalue weighted by atomic mass is 16.5. The second-order valence-corrected chi connectivity index (χ2v) is 7.51. The van der Waals surface area contributed by atoms with Crippen molar-refractivity contribution >= 4 is 11.9 Å². The van der Waals surface area contributed by atoms with Crippen LogP contribution in [0.25, 0.3) is 0 Å². The molecule has 26 heavy (non-hydrogen) atoms. The first-order valence-corrected chi connectivity index (χ1v) is 9.01. The van der Waals surface area contributed by atoms with Gasteiger partial charge in [0.05, 0.1) is 26.7 Å². The quantitative estimate of drug-likeness (QED) is 0.772. The molecule has 5 rings (SSSR count). The molecule has 0 radical (unpaired) electrons. The van der Waals surface area contributed by atoms with Crippen molar-refractivity contribution in [2.45, 2.75) is 24.3 Å². The van der Waals surface area contributed by atoms with Crippen molar-refractivity contribution in [3.63, 3.8) is 0 Å².